The Morgan fingerprint density at radius 3 is 2.58 bits per heavy atom. The molecule has 0 spiro atoms. The van der Waals surface area contributed by atoms with Gasteiger partial charge in [0.1, 0.15) is 6.04 Å². The van der Waals surface area contributed by atoms with E-state index in [1.807, 2.05) is 17.0 Å². The first-order valence-corrected chi connectivity index (χ1v) is 11.3. The van der Waals surface area contributed by atoms with Gasteiger partial charge in [0.2, 0.25) is 11.8 Å². The van der Waals surface area contributed by atoms with E-state index in [4.69, 9.17) is 0 Å². The number of carbonyl (C=O) groups is 2. The molecule has 1 saturated heterocycles. The zero-order valence-electron chi connectivity index (χ0n) is 18.2. The van der Waals surface area contributed by atoms with Crippen molar-refractivity contribution >= 4 is 22.7 Å². The number of aryl methyl sites for hydroxylation is 1. The van der Waals surface area contributed by atoms with E-state index in [9.17, 15) is 9.59 Å². The lowest BCUT2D eigenvalue weighted by Gasteiger charge is -2.47. The van der Waals surface area contributed by atoms with E-state index in [0.29, 0.717) is 13.0 Å². The molecular weight excluding hydrogens is 386 g/mol. The van der Waals surface area contributed by atoms with Gasteiger partial charge in [-0.05, 0) is 30.5 Å². The number of fused-ring (bicyclic) bond motifs is 4. The maximum Gasteiger partial charge on any atom is 0.246 e. The normalized spacial score (nSPS) is 20.8. The number of hydrogen-bond acceptors (Lipinski definition) is 2. The Morgan fingerprint density at radius 2 is 1.81 bits per heavy atom. The smallest absolute Gasteiger partial charge is 0.246 e. The molecule has 0 saturated carbocycles. The van der Waals surface area contributed by atoms with Gasteiger partial charge < -0.3 is 14.8 Å². The fourth-order valence-corrected chi connectivity index (χ4v) is 5.16. The molecule has 2 aromatic carbocycles. The van der Waals surface area contributed by atoms with Gasteiger partial charge in [-0.2, -0.15) is 0 Å². The van der Waals surface area contributed by atoms with E-state index < -0.39 is 6.04 Å². The van der Waals surface area contributed by atoms with Crippen molar-refractivity contribution in [1.82, 2.24) is 14.8 Å². The molecule has 2 amide bonds. The number of carbonyl (C=O) groups excluding carboxylic acids is 2. The average Bonchev–Trinajstić information content (AvgIpc) is 3.15. The van der Waals surface area contributed by atoms with Crippen LogP contribution in [0, 0.1) is 6.92 Å². The fraction of sp³-hybridized carbons (Fsp3) is 0.385. The molecule has 1 N–H and O–H groups in total. The molecule has 0 bridgehead atoms. The Bertz CT molecular complexity index is 1130. The van der Waals surface area contributed by atoms with Crippen molar-refractivity contribution in [2.24, 2.45) is 0 Å². The Morgan fingerprint density at radius 1 is 1.03 bits per heavy atom. The van der Waals surface area contributed by atoms with Gasteiger partial charge in [-0.25, -0.2) is 0 Å². The zero-order chi connectivity index (χ0) is 21.5. The lowest BCUT2D eigenvalue weighted by Crippen LogP contribution is -2.63. The number of nitrogens with one attached hydrogen (secondary N) is 1. The summed E-state index contributed by atoms with van der Waals surface area (Å²) in [6, 6.07) is 15.9. The molecule has 160 valence electrons. The number of benzene rings is 2. The number of hydrogen-bond donors (Lipinski definition) is 1. The summed E-state index contributed by atoms with van der Waals surface area (Å²) < 4.78 is 0. The molecule has 5 nitrogen and oxygen atoms in total. The van der Waals surface area contributed by atoms with E-state index in [1.54, 1.807) is 4.90 Å². The van der Waals surface area contributed by atoms with Crippen molar-refractivity contribution in [3.8, 4) is 0 Å². The molecular formula is C26H29N3O2. The lowest BCUT2D eigenvalue weighted by atomic mass is 9.86. The number of rotatable bonds is 5. The fourth-order valence-electron chi connectivity index (χ4n) is 5.16. The molecule has 2 aliphatic rings. The Hall–Kier alpha value is -3.08. The molecule has 3 aromatic rings. The first kappa shape index (κ1) is 19.9. The van der Waals surface area contributed by atoms with E-state index >= 15 is 0 Å². The SMILES string of the molecule is CCCCCN1CC(=O)N2[C@H](c3ccc(C)cc3)c3[nH]c4ccccc4c3C[C@H]2C1=O. The number of piperazine rings is 1. The number of unbranched alkanes of at least 4 members (excludes halogenated alkanes) is 2. The monoisotopic (exact) mass is 415 g/mol. The molecule has 31 heavy (non-hydrogen) atoms. The topological polar surface area (TPSA) is 56.4 Å². The van der Waals surface area contributed by atoms with Gasteiger partial charge in [-0.3, -0.25) is 9.59 Å². The summed E-state index contributed by atoms with van der Waals surface area (Å²) in [5, 5.41) is 1.15. The molecule has 2 atom stereocenters. The number of amides is 2. The van der Waals surface area contributed by atoms with Crippen LogP contribution in [-0.4, -0.2) is 45.7 Å². The van der Waals surface area contributed by atoms with Crippen LogP contribution < -0.4 is 0 Å². The van der Waals surface area contributed by atoms with Gasteiger partial charge in [0.25, 0.3) is 0 Å². The molecule has 0 unspecified atom stereocenters. The van der Waals surface area contributed by atoms with Crippen LogP contribution >= 0.6 is 0 Å². The van der Waals surface area contributed by atoms with E-state index in [0.717, 1.165) is 41.4 Å². The summed E-state index contributed by atoms with van der Waals surface area (Å²) in [5.41, 5.74) is 5.49. The Balaban J connectivity index is 1.61. The highest BCUT2D eigenvalue weighted by molar-refractivity contribution is 5.97. The second-order valence-corrected chi connectivity index (χ2v) is 8.86. The number of para-hydroxylation sites is 1. The number of aromatic nitrogens is 1. The van der Waals surface area contributed by atoms with Crippen LogP contribution in [0.25, 0.3) is 10.9 Å². The molecule has 5 heteroatoms. The van der Waals surface area contributed by atoms with Gasteiger partial charge in [-0.15, -0.1) is 0 Å². The molecule has 0 radical (unpaired) electrons. The van der Waals surface area contributed by atoms with Gasteiger partial charge in [-0.1, -0.05) is 67.8 Å². The van der Waals surface area contributed by atoms with Gasteiger partial charge in [0.15, 0.2) is 0 Å². The average molecular weight is 416 g/mol. The van der Waals surface area contributed by atoms with Crippen LogP contribution in [0.3, 0.4) is 0 Å². The van der Waals surface area contributed by atoms with Crippen LogP contribution in [0.5, 0.6) is 0 Å². The van der Waals surface area contributed by atoms with Crippen molar-refractivity contribution in [3.63, 3.8) is 0 Å². The highest BCUT2D eigenvalue weighted by Crippen LogP contribution is 2.42. The maximum atomic E-state index is 13.5. The molecule has 5 rings (SSSR count). The minimum atomic E-state index is -0.444. The van der Waals surface area contributed by atoms with Crippen LogP contribution in [0.2, 0.25) is 0 Å². The predicted octanol–water partition coefficient (Wildman–Crippen LogP) is 4.35. The second-order valence-electron chi connectivity index (χ2n) is 8.86. The summed E-state index contributed by atoms with van der Waals surface area (Å²) in [4.78, 5) is 34.1. The molecule has 0 aliphatic carbocycles. The minimum Gasteiger partial charge on any atom is -0.356 e. The van der Waals surface area contributed by atoms with Crippen LogP contribution in [0.1, 0.15) is 54.6 Å². The third-order valence-electron chi connectivity index (χ3n) is 6.77. The van der Waals surface area contributed by atoms with Crippen LogP contribution in [0.4, 0.5) is 0 Å². The predicted molar refractivity (Wildman–Crippen MR) is 122 cm³/mol. The zero-order valence-corrected chi connectivity index (χ0v) is 18.2. The number of nitrogens with zero attached hydrogens (tertiary/aromatic N) is 2. The Kier molecular flexibility index (Phi) is 5.05. The second kappa shape index (κ2) is 7.88. The molecule has 1 fully saturated rings. The van der Waals surface area contributed by atoms with Crippen LogP contribution in [0.15, 0.2) is 48.5 Å². The van der Waals surface area contributed by atoms with E-state index in [2.05, 4.69) is 55.2 Å². The standard InChI is InChI=1S/C26H29N3O2/c1-3-4-7-14-28-16-23(30)29-22(26(28)31)15-20-19-8-5-6-9-21(19)27-24(20)25(29)18-12-10-17(2)11-13-18/h5-6,8-13,22,25,27H,3-4,7,14-16H2,1-2H3/t22-,25+/m0/s1. The van der Waals surface area contributed by atoms with E-state index in [-0.39, 0.29) is 24.4 Å². The third-order valence-corrected chi connectivity index (χ3v) is 6.77. The first-order valence-electron chi connectivity index (χ1n) is 11.3. The first-order chi connectivity index (χ1) is 15.1. The number of aromatic amines is 1. The van der Waals surface area contributed by atoms with Gasteiger partial charge in [0, 0.05) is 29.6 Å². The van der Waals surface area contributed by atoms with Crippen molar-refractivity contribution in [1.29, 1.82) is 0 Å². The van der Waals surface area contributed by atoms with Crippen LogP contribution in [-0.2, 0) is 16.0 Å². The van der Waals surface area contributed by atoms with Crippen molar-refractivity contribution < 1.29 is 9.59 Å². The van der Waals surface area contributed by atoms with Gasteiger partial charge >= 0.3 is 0 Å². The van der Waals surface area contributed by atoms with Crippen molar-refractivity contribution in [3.05, 3.63) is 70.9 Å². The quantitative estimate of drug-likeness (QED) is 0.630. The summed E-state index contributed by atoms with van der Waals surface area (Å²) in [5.74, 6) is 0.125. The highest BCUT2D eigenvalue weighted by Gasteiger charge is 2.47. The summed E-state index contributed by atoms with van der Waals surface area (Å²) in [6.07, 6.45) is 3.68. The number of H-pyrrole nitrogens is 1. The summed E-state index contributed by atoms with van der Waals surface area (Å²) in [7, 11) is 0. The van der Waals surface area contributed by atoms with Crippen molar-refractivity contribution in [2.45, 2.75) is 51.6 Å². The molecule has 3 heterocycles. The minimum absolute atomic E-state index is 0.0379. The van der Waals surface area contributed by atoms with Gasteiger partial charge in [0.05, 0.1) is 12.6 Å². The Labute approximate surface area is 183 Å². The largest absolute Gasteiger partial charge is 0.356 e. The lowest BCUT2D eigenvalue weighted by molar-refractivity contribution is -0.158. The molecule has 1 aromatic heterocycles. The summed E-state index contributed by atoms with van der Waals surface area (Å²) in [6.45, 7) is 5.05. The maximum absolute atomic E-state index is 13.5. The van der Waals surface area contributed by atoms with E-state index in [1.165, 1.54) is 11.1 Å². The summed E-state index contributed by atoms with van der Waals surface area (Å²) >= 11 is 0. The van der Waals surface area contributed by atoms with Crippen molar-refractivity contribution in [2.75, 3.05) is 13.1 Å². The third kappa shape index (κ3) is 3.32. The highest BCUT2D eigenvalue weighted by atomic mass is 16.2. The molecule has 2 aliphatic heterocycles.